The first-order valence-electron chi connectivity index (χ1n) is 8.95. The van der Waals surface area contributed by atoms with Gasteiger partial charge in [0.2, 0.25) is 0 Å². The molecule has 0 radical (unpaired) electrons. The molecule has 0 bridgehead atoms. The predicted molar refractivity (Wildman–Crippen MR) is 106 cm³/mol. The molecular weight excluding hydrogens is 390 g/mol. The number of furan rings is 1. The Kier molecular flexibility index (Phi) is 4.86. The highest BCUT2D eigenvalue weighted by atomic mass is 32.1. The molecule has 1 aliphatic heterocycles. The number of amides is 1. The molecule has 1 amide bonds. The van der Waals surface area contributed by atoms with Crippen LogP contribution in [-0.4, -0.2) is 26.4 Å². The number of carbonyl (C=O) groups excluding carboxylic acids is 1. The molecule has 1 unspecified atom stereocenters. The van der Waals surface area contributed by atoms with Gasteiger partial charge < -0.3 is 4.42 Å². The topological polar surface area (TPSA) is 104 Å². The number of aryl methyl sites for hydroxylation is 1. The monoisotopic (exact) mass is 407 g/mol. The molecular formula is C20H17N5O3S. The summed E-state index contributed by atoms with van der Waals surface area (Å²) in [6, 6.07) is 8.94. The minimum Gasteiger partial charge on any atom is -0.467 e. The lowest BCUT2D eigenvalue weighted by molar-refractivity contribution is -0.134. The normalized spacial score (nSPS) is 16.0. The van der Waals surface area contributed by atoms with Crippen LogP contribution in [0.4, 0.5) is 0 Å². The van der Waals surface area contributed by atoms with Gasteiger partial charge in [0.25, 0.3) is 11.5 Å². The number of thiophene rings is 1. The minimum absolute atomic E-state index is 0.00270. The summed E-state index contributed by atoms with van der Waals surface area (Å²) >= 11 is 1.55. The van der Waals surface area contributed by atoms with E-state index < -0.39 is 17.5 Å². The first-order chi connectivity index (χ1) is 14.0. The summed E-state index contributed by atoms with van der Waals surface area (Å²) < 4.78 is 6.55. The molecule has 4 heterocycles. The van der Waals surface area contributed by atoms with Gasteiger partial charge in [-0.2, -0.15) is 15.5 Å². The lowest BCUT2D eigenvalue weighted by Crippen LogP contribution is -2.36. The zero-order chi connectivity index (χ0) is 20.5. The first-order valence-corrected chi connectivity index (χ1v) is 9.82. The number of nitriles is 1. The van der Waals surface area contributed by atoms with Gasteiger partial charge in [-0.25, -0.2) is 9.69 Å². The molecule has 9 heteroatoms. The Bertz CT molecular complexity index is 1190. The molecule has 146 valence electrons. The molecule has 1 aliphatic rings. The third-order valence-corrected chi connectivity index (χ3v) is 5.80. The van der Waals surface area contributed by atoms with E-state index in [0.29, 0.717) is 23.4 Å². The fourth-order valence-corrected chi connectivity index (χ4v) is 3.97. The highest BCUT2D eigenvalue weighted by Gasteiger charge is 2.35. The Hall–Kier alpha value is -3.51. The molecule has 0 fully saturated rings. The van der Waals surface area contributed by atoms with Crippen molar-refractivity contribution < 1.29 is 9.21 Å². The molecule has 0 saturated carbocycles. The smallest absolute Gasteiger partial charge is 0.285 e. The van der Waals surface area contributed by atoms with E-state index in [2.05, 4.69) is 10.2 Å². The number of nitrogens with zero attached hydrogens (tertiary/aromatic N) is 5. The average Bonchev–Trinajstić information content (AvgIpc) is 3.47. The van der Waals surface area contributed by atoms with E-state index in [9.17, 15) is 14.9 Å². The van der Waals surface area contributed by atoms with Crippen molar-refractivity contribution in [2.24, 2.45) is 5.10 Å². The van der Waals surface area contributed by atoms with E-state index in [-0.39, 0.29) is 12.1 Å². The lowest BCUT2D eigenvalue weighted by Gasteiger charge is -2.20. The number of carbonyl (C=O) groups is 1. The Morgan fingerprint density at radius 3 is 2.86 bits per heavy atom. The van der Waals surface area contributed by atoms with Crippen LogP contribution in [-0.2, 0) is 11.3 Å². The third-order valence-electron chi connectivity index (χ3n) is 4.88. The van der Waals surface area contributed by atoms with Crippen molar-refractivity contribution in [2.45, 2.75) is 32.9 Å². The molecule has 4 rings (SSSR count). The molecule has 0 aromatic carbocycles. The molecule has 0 N–H and O–H groups in total. The molecule has 8 nitrogen and oxygen atoms in total. The second kappa shape index (κ2) is 7.48. The van der Waals surface area contributed by atoms with Crippen LogP contribution in [0.5, 0.6) is 0 Å². The lowest BCUT2D eigenvalue weighted by atomic mass is 10.1. The average molecular weight is 407 g/mol. The highest BCUT2D eigenvalue weighted by Crippen LogP contribution is 2.34. The van der Waals surface area contributed by atoms with Crippen molar-refractivity contribution >= 4 is 23.0 Å². The summed E-state index contributed by atoms with van der Waals surface area (Å²) in [7, 11) is 0. The van der Waals surface area contributed by atoms with E-state index in [4.69, 9.17) is 4.42 Å². The van der Waals surface area contributed by atoms with Crippen molar-refractivity contribution in [1.82, 2.24) is 14.8 Å². The number of rotatable bonds is 4. The largest absolute Gasteiger partial charge is 0.467 e. The zero-order valence-corrected chi connectivity index (χ0v) is 16.6. The maximum Gasteiger partial charge on any atom is 0.285 e. The summed E-state index contributed by atoms with van der Waals surface area (Å²) in [6.07, 6.45) is 2.06. The van der Waals surface area contributed by atoms with Crippen LogP contribution in [0.15, 0.2) is 50.2 Å². The standard InChI is InChI=1S/C20H17N5O3S/c1-12-13(2)22-24(20(27)14(12)10-21)11-19(26)25-16(17-5-3-7-28-17)9-15(23-25)18-6-4-8-29-18/h3-8,16H,9,11H2,1-2H3. The minimum atomic E-state index is -0.583. The summed E-state index contributed by atoms with van der Waals surface area (Å²) in [5.41, 5.74) is 1.25. The van der Waals surface area contributed by atoms with Gasteiger partial charge in [-0.15, -0.1) is 11.3 Å². The fourth-order valence-electron chi connectivity index (χ4n) is 3.25. The van der Waals surface area contributed by atoms with Crippen molar-refractivity contribution in [3.8, 4) is 6.07 Å². The van der Waals surface area contributed by atoms with Crippen molar-refractivity contribution in [2.75, 3.05) is 0 Å². The number of aromatic nitrogens is 2. The Balaban J connectivity index is 1.68. The summed E-state index contributed by atoms with van der Waals surface area (Å²) in [5, 5.41) is 21.3. The molecule has 0 spiro atoms. The van der Waals surface area contributed by atoms with Gasteiger partial charge in [0.05, 0.1) is 22.5 Å². The van der Waals surface area contributed by atoms with Gasteiger partial charge in [-0.05, 0) is 43.0 Å². The fraction of sp³-hybridized carbons (Fsp3) is 0.250. The Labute approximate surface area is 170 Å². The maximum atomic E-state index is 13.1. The van der Waals surface area contributed by atoms with Gasteiger partial charge >= 0.3 is 0 Å². The highest BCUT2D eigenvalue weighted by molar-refractivity contribution is 7.12. The van der Waals surface area contributed by atoms with Gasteiger partial charge in [-0.1, -0.05) is 6.07 Å². The zero-order valence-electron chi connectivity index (χ0n) is 15.8. The molecule has 0 aliphatic carbocycles. The number of hydrogen-bond donors (Lipinski definition) is 0. The van der Waals surface area contributed by atoms with Gasteiger partial charge in [0.15, 0.2) is 0 Å². The van der Waals surface area contributed by atoms with Crippen molar-refractivity contribution in [3.05, 3.63) is 73.7 Å². The van der Waals surface area contributed by atoms with Crippen LogP contribution in [0.2, 0.25) is 0 Å². The Morgan fingerprint density at radius 2 is 2.21 bits per heavy atom. The summed E-state index contributed by atoms with van der Waals surface area (Å²) in [6.45, 7) is 3.05. The molecule has 3 aromatic heterocycles. The van der Waals surface area contributed by atoms with Crippen LogP contribution in [0, 0.1) is 25.2 Å². The van der Waals surface area contributed by atoms with Crippen LogP contribution >= 0.6 is 11.3 Å². The SMILES string of the molecule is Cc1nn(CC(=O)N2N=C(c3cccs3)CC2c2ccco2)c(=O)c(C#N)c1C. The summed E-state index contributed by atoms with van der Waals surface area (Å²) in [4.78, 5) is 26.6. The van der Waals surface area contributed by atoms with Crippen molar-refractivity contribution in [1.29, 1.82) is 5.26 Å². The maximum absolute atomic E-state index is 13.1. The van der Waals surface area contributed by atoms with E-state index in [1.807, 2.05) is 23.6 Å². The van der Waals surface area contributed by atoms with Crippen LogP contribution in [0.25, 0.3) is 0 Å². The molecule has 29 heavy (non-hydrogen) atoms. The van der Waals surface area contributed by atoms with E-state index >= 15 is 0 Å². The van der Waals surface area contributed by atoms with Gasteiger partial charge in [0, 0.05) is 6.42 Å². The predicted octanol–water partition coefficient (Wildman–Crippen LogP) is 2.76. The van der Waals surface area contributed by atoms with Gasteiger partial charge in [0.1, 0.15) is 30.0 Å². The van der Waals surface area contributed by atoms with Gasteiger partial charge in [-0.3, -0.25) is 9.59 Å². The number of hydrazone groups is 1. The van der Waals surface area contributed by atoms with E-state index in [1.165, 1.54) is 5.01 Å². The number of hydrogen-bond acceptors (Lipinski definition) is 7. The second-order valence-corrected chi connectivity index (χ2v) is 7.61. The van der Waals surface area contributed by atoms with Crippen LogP contribution in [0.3, 0.4) is 0 Å². The van der Waals surface area contributed by atoms with E-state index in [1.54, 1.807) is 43.6 Å². The second-order valence-electron chi connectivity index (χ2n) is 6.66. The van der Waals surface area contributed by atoms with Crippen LogP contribution in [0.1, 0.15) is 39.9 Å². The van der Waals surface area contributed by atoms with Crippen molar-refractivity contribution in [3.63, 3.8) is 0 Å². The van der Waals surface area contributed by atoms with E-state index in [0.717, 1.165) is 15.3 Å². The molecule has 3 aromatic rings. The molecule has 1 atom stereocenters. The quantitative estimate of drug-likeness (QED) is 0.661. The molecule has 0 saturated heterocycles. The first kappa shape index (κ1) is 18.8. The summed E-state index contributed by atoms with van der Waals surface area (Å²) in [5.74, 6) is 0.214. The van der Waals surface area contributed by atoms with Crippen LogP contribution < -0.4 is 5.56 Å². The third kappa shape index (κ3) is 3.39. The Morgan fingerprint density at radius 1 is 1.38 bits per heavy atom.